The van der Waals surface area contributed by atoms with Gasteiger partial charge >= 0.3 is 0 Å². The number of benzene rings is 2. The van der Waals surface area contributed by atoms with Gasteiger partial charge in [-0.1, -0.05) is 30.3 Å². The monoisotopic (exact) mass is 317 g/mol. The van der Waals surface area contributed by atoms with Crippen molar-refractivity contribution in [3.63, 3.8) is 0 Å². The summed E-state index contributed by atoms with van der Waals surface area (Å²) in [5.74, 6) is 0.653. The second-order valence-electron chi connectivity index (χ2n) is 5.44. The van der Waals surface area contributed by atoms with E-state index < -0.39 is 10.0 Å². The molecule has 2 aromatic carbocycles. The van der Waals surface area contributed by atoms with Crippen LogP contribution in [-0.2, 0) is 16.6 Å². The Balaban J connectivity index is 1.89. The lowest BCUT2D eigenvalue weighted by molar-refractivity contribution is 0.398. The molecule has 5 heteroatoms. The SMILES string of the molecule is COc1ccc(S(=O)(=O)N(Cc2ccccc2)C2CC2)cc1. The summed E-state index contributed by atoms with van der Waals surface area (Å²) in [6.45, 7) is 0.417. The first kappa shape index (κ1) is 15.1. The van der Waals surface area contributed by atoms with Crippen molar-refractivity contribution in [1.29, 1.82) is 0 Å². The van der Waals surface area contributed by atoms with E-state index in [2.05, 4.69) is 0 Å². The standard InChI is InChI=1S/C17H19NO3S/c1-21-16-9-11-17(12-10-16)22(19,20)18(15-7-8-15)13-14-5-3-2-4-6-14/h2-6,9-12,15H,7-8,13H2,1H3. The van der Waals surface area contributed by atoms with E-state index in [4.69, 9.17) is 4.74 Å². The molecule has 2 aromatic rings. The number of sulfonamides is 1. The van der Waals surface area contributed by atoms with Gasteiger partial charge in [-0.3, -0.25) is 0 Å². The van der Waals surface area contributed by atoms with E-state index >= 15 is 0 Å². The normalized spacial score (nSPS) is 15.0. The summed E-state index contributed by atoms with van der Waals surface area (Å²) in [5, 5.41) is 0. The number of hydrogen-bond donors (Lipinski definition) is 0. The molecule has 0 heterocycles. The Morgan fingerprint density at radius 3 is 2.23 bits per heavy atom. The van der Waals surface area contributed by atoms with Crippen LogP contribution in [0.4, 0.5) is 0 Å². The van der Waals surface area contributed by atoms with Crippen LogP contribution in [0.3, 0.4) is 0 Å². The van der Waals surface area contributed by atoms with Gasteiger partial charge in [0.25, 0.3) is 0 Å². The largest absolute Gasteiger partial charge is 0.497 e. The maximum absolute atomic E-state index is 12.9. The highest BCUT2D eigenvalue weighted by molar-refractivity contribution is 7.89. The summed E-state index contributed by atoms with van der Waals surface area (Å²) in [4.78, 5) is 0.316. The van der Waals surface area contributed by atoms with Gasteiger partial charge < -0.3 is 4.74 Å². The van der Waals surface area contributed by atoms with Gasteiger partial charge in [0.1, 0.15) is 5.75 Å². The van der Waals surface area contributed by atoms with Crippen LogP contribution in [0, 0.1) is 0 Å². The highest BCUT2D eigenvalue weighted by atomic mass is 32.2. The fraction of sp³-hybridized carbons (Fsp3) is 0.294. The quantitative estimate of drug-likeness (QED) is 0.822. The average Bonchev–Trinajstić information content (AvgIpc) is 3.38. The molecule has 116 valence electrons. The number of hydrogen-bond acceptors (Lipinski definition) is 3. The van der Waals surface area contributed by atoms with Crippen LogP contribution < -0.4 is 4.74 Å². The van der Waals surface area contributed by atoms with E-state index in [1.165, 1.54) is 0 Å². The van der Waals surface area contributed by atoms with E-state index in [-0.39, 0.29) is 6.04 Å². The van der Waals surface area contributed by atoms with Gasteiger partial charge in [0.15, 0.2) is 0 Å². The van der Waals surface area contributed by atoms with E-state index in [1.807, 2.05) is 30.3 Å². The predicted octanol–water partition coefficient (Wildman–Crippen LogP) is 3.05. The number of nitrogens with zero attached hydrogens (tertiary/aromatic N) is 1. The number of ether oxygens (including phenoxy) is 1. The Bertz CT molecular complexity index is 722. The first-order valence-corrected chi connectivity index (χ1v) is 8.75. The molecule has 0 bridgehead atoms. The first-order chi connectivity index (χ1) is 10.6. The zero-order valence-electron chi connectivity index (χ0n) is 12.5. The van der Waals surface area contributed by atoms with Crippen LogP contribution in [-0.4, -0.2) is 25.9 Å². The molecule has 22 heavy (non-hydrogen) atoms. The third-order valence-electron chi connectivity index (χ3n) is 3.80. The fourth-order valence-corrected chi connectivity index (χ4v) is 4.09. The van der Waals surface area contributed by atoms with Gasteiger partial charge in [0, 0.05) is 12.6 Å². The first-order valence-electron chi connectivity index (χ1n) is 7.31. The predicted molar refractivity (Wildman–Crippen MR) is 85.2 cm³/mol. The highest BCUT2D eigenvalue weighted by Gasteiger charge is 2.37. The number of methoxy groups -OCH3 is 1. The smallest absolute Gasteiger partial charge is 0.243 e. The number of rotatable bonds is 6. The molecule has 0 radical (unpaired) electrons. The zero-order valence-corrected chi connectivity index (χ0v) is 13.3. The molecular weight excluding hydrogens is 298 g/mol. The molecule has 1 aliphatic rings. The Labute approximate surface area is 131 Å². The average molecular weight is 317 g/mol. The Kier molecular flexibility index (Phi) is 4.18. The van der Waals surface area contributed by atoms with Crippen LogP contribution in [0.25, 0.3) is 0 Å². The van der Waals surface area contributed by atoms with E-state index in [0.717, 1.165) is 18.4 Å². The molecule has 1 aliphatic carbocycles. The van der Waals surface area contributed by atoms with E-state index in [9.17, 15) is 8.42 Å². The van der Waals surface area contributed by atoms with Crippen molar-refractivity contribution < 1.29 is 13.2 Å². The summed E-state index contributed by atoms with van der Waals surface area (Å²) in [7, 11) is -1.92. The molecule has 0 spiro atoms. The summed E-state index contributed by atoms with van der Waals surface area (Å²) in [6.07, 6.45) is 1.87. The van der Waals surface area contributed by atoms with Crippen molar-refractivity contribution in [3.8, 4) is 5.75 Å². The van der Waals surface area contributed by atoms with Gasteiger partial charge in [0.05, 0.1) is 12.0 Å². The van der Waals surface area contributed by atoms with Crippen LogP contribution in [0.15, 0.2) is 59.5 Å². The highest BCUT2D eigenvalue weighted by Crippen LogP contribution is 2.33. The van der Waals surface area contributed by atoms with Gasteiger partial charge in [-0.05, 0) is 42.7 Å². The summed E-state index contributed by atoms with van der Waals surface area (Å²) < 4.78 is 32.5. The lowest BCUT2D eigenvalue weighted by Gasteiger charge is -2.22. The van der Waals surface area contributed by atoms with Gasteiger partial charge in [-0.2, -0.15) is 4.31 Å². The van der Waals surface area contributed by atoms with Crippen molar-refractivity contribution >= 4 is 10.0 Å². The van der Waals surface area contributed by atoms with E-state index in [1.54, 1.807) is 35.7 Å². The zero-order chi connectivity index (χ0) is 15.6. The second-order valence-corrected chi connectivity index (χ2v) is 7.33. The molecule has 4 nitrogen and oxygen atoms in total. The third kappa shape index (κ3) is 3.15. The fourth-order valence-electron chi connectivity index (χ4n) is 2.42. The lowest BCUT2D eigenvalue weighted by atomic mass is 10.2. The molecule has 0 atom stereocenters. The van der Waals surface area contributed by atoms with Crippen molar-refractivity contribution in [2.75, 3.05) is 7.11 Å². The van der Waals surface area contributed by atoms with Crippen LogP contribution in [0.2, 0.25) is 0 Å². The van der Waals surface area contributed by atoms with Crippen LogP contribution in [0.5, 0.6) is 5.75 Å². The summed E-state index contributed by atoms with van der Waals surface area (Å²) in [6, 6.07) is 16.4. The van der Waals surface area contributed by atoms with Gasteiger partial charge in [0.2, 0.25) is 10.0 Å². The molecule has 0 N–H and O–H groups in total. The molecule has 0 aliphatic heterocycles. The molecular formula is C17H19NO3S. The molecule has 3 rings (SSSR count). The lowest BCUT2D eigenvalue weighted by Crippen LogP contribution is -2.32. The molecule has 0 amide bonds. The Morgan fingerprint density at radius 1 is 1.05 bits per heavy atom. The Morgan fingerprint density at radius 2 is 1.68 bits per heavy atom. The second kappa shape index (κ2) is 6.10. The van der Waals surface area contributed by atoms with Crippen LogP contribution >= 0.6 is 0 Å². The van der Waals surface area contributed by atoms with E-state index in [0.29, 0.717) is 17.2 Å². The molecule has 1 fully saturated rings. The van der Waals surface area contributed by atoms with Crippen LogP contribution in [0.1, 0.15) is 18.4 Å². The minimum absolute atomic E-state index is 0.118. The van der Waals surface area contributed by atoms with Crippen molar-refractivity contribution in [2.24, 2.45) is 0 Å². The Hall–Kier alpha value is -1.85. The minimum Gasteiger partial charge on any atom is -0.497 e. The summed E-state index contributed by atoms with van der Waals surface area (Å²) in [5.41, 5.74) is 1.01. The van der Waals surface area contributed by atoms with Gasteiger partial charge in [-0.15, -0.1) is 0 Å². The third-order valence-corrected chi connectivity index (χ3v) is 5.71. The topological polar surface area (TPSA) is 46.6 Å². The van der Waals surface area contributed by atoms with Crippen molar-refractivity contribution in [2.45, 2.75) is 30.3 Å². The maximum atomic E-state index is 12.9. The molecule has 0 aromatic heterocycles. The molecule has 1 saturated carbocycles. The van der Waals surface area contributed by atoms with Crippen molar-refractivity contribution in [3.05, 3.63) is 60.2 Å². The summed E-state index contributed by atoms with van der Waals surface area (Å²) >= 11 is 0. The molecule has 0 unspecified atom stereocenters. The minimum atomic E-state index is -3.48. The van der Waals surface area contributed by atoms with Crippen molar-refractivity contribution in [1.82, 2.24) is 4.31 Å². The molecule has 0 saturated heterocycles. The maximum Gasteiger partial charge on any atom is 0.243 e. The van der Waals surface area contributed by atoms with Gasteiger partial charge in [-0.25, -0.2) is 8.42 Å².